The average Bonchev–Trinajstić information content (AvgIpc) is 3.12. The van der Waals surface area contributed by atoms with Crippen LogP contribution >= 0.6 is 0 Å². The van der Waals surface area contributed by atoms with Crippen LogP contribution in [0.5, 0.6) is 5.75 Å². The summed E-state index contributed by atoms with van der Waals surface area (Å²) in [5, 5.41) is 6.67. The van der Waals surface area contributed by atoms with Gasteiger partial charge in [0, 0.05) is 67.0 Å². The van der Waals surface area contributed by atoms with E-state index in [9.17, 15) is 8.42 Å². The number of allylic oxidation sites excluding steroid dienone is 1. The predicted octanol–water partition coefficient (Wildman–Crippen LogP) is 3.99. The van der Waals surface area contributed by atoms with Gasteiger partial charge in [0.1, 0.15) is 23.1 Å². The molecule has 0 unspecified atom stereocenters. The lowest BCUT2D eigenvalue weighted by Gasteiger charge is -2.19. The van der Waals surface area contributed by atoms with Crippen molar-refractivity contribution in [3.8, 4) is 5.75 Å². The van der Waals surface area contributed by atoms with E-state index >= 15 is 0 Å². The standard InChI is InChI=1S/C23H25N5O3S/c1-15-13-26-22(27-19-8-7-17-10-16(2)31-21(17)11-19)12-20(15)25-14-18-6-5-9-24-23(18)28(3)32(4,29)30/h5-9,11-13H,2,10,14H2,1,3-4H3,(H2,25,26,27). The zero-order valence-electron chi connectivity index (χ0n) is 18.2. The van der Waals surface area contributed by atoms with E-state index in [2.05, 4.69) is 27.2 Å². The average molecular weight is 452 g/mol. The van der Waals surface area contributed by atoms with Crippen LogP contribution in [-0.4, -0.2) is 31.7 Å². The molecule has 0 saturated heterocycles. The fraction of sp³-hybridized carbons (Fsp3) is 0.217. The van der Waals surface area contributed by atoms with Crippen molar-refractivity contribution in [1.82, 2.24) is 9.97 Å². The molecule has 0 spiro atoms. The number of fused-ring (bicyclic) bond motifs is 1. The van der Waals surface area contributed by atoms with E-state index in [-0.39, 0.29) is 0 Å². The predicted molar refractivity (Wildman–Crippen MR) is 127 cm³/mol. The minimum atomic E-state index is -3.41. The second-order valence-corrected chi connectivity index (χ2v) is 9.73. The van der Waals surface area contributed by atoms with Crippen LogP contribution in [-0.2, 0) is 23.0 Å². The third kappa shape index (κ3) is 4.67. The first-order chi connectivity index (χ1) is 15.2. The number of nitrogens with one attached hydrogen (secondary N) is 2. The lowest BCUT2D eigenvalue weighted by atomic mass is 10.1. The first kappa shape index (κ1) is 21.6. The molecular formula is C23H25N5O3S. The van der Waals surface area contributed by atoms with Gasteiger partial charge in [0.15, 0.2) is 0 Å². The maximum Gasteiger partial charge on any atom is 0.233 e. The Labute approximate surface area is 188 Å². The van der Waals surface area contributed by atoms with E-state index in [1.54, 1.807) is 18.5 Å². The number of hydrogen-bond acceptors (Lipinski definition) is 7. The van der Waals surface area contributed by atoms with Gasteiger partial charge in [0.2, 0.25) is 10.0 Å². The van der Waals surface area contributed by atoms with Crippen LogP contribution in [0.25, 0.3) is 0 Å². The molecule has 0 bridgehead atoms. The highest BCUT2D eigenvalue weighted by atomic mass is 32.2. The maximum absolute atomic E-state index is 12.0. The summed E-state index contributed by atoms with van der Waals surface area (Å²) in [6.07, 6.45) is 5.25. The Balaban J connectivity index is 1.51. The Morgan fingerprint density at radius 1 is 1.22 bits per heavy atom. The second-order valence-electron chi connectivity index (χ2n) is 7.72. The summed E-state index contributed by atoms with van der Waals surface area (Å²) in [7, 11) is -1.91. The largest absolute Gasteiger partial charge is 0.462 e. The third-order valence-electron chi connectivity index (χ3n) is 5.22. The van der Waals surface area contributed by atoms with Gasteiger partial charge in [0.05, 0.1) is 6.26 Å². The van der Waals surface area contributed by atoms with Gasteiger partial charge < -0.3 is 15.4 Å². The van der Waals surface area contributed by atoms with E-state index < -0.39 is 10.0 Å². The molecule has 3 heterocycles. The zero-order valence-corrected chi connectivity index (χ0v) is 19.0. The fourth-order valence-corrected chi connectivity index (χ4v) is 3.89. The van der Waals surface area contributed by atoms with Gasteiger partial charge in [-0.2, -0.15) is 0 Å². The molecule has 2 N–H and O–H groups in total. The molecule has 0 saturated carbocycles. The summed E-state index contributed by atoms with van der Waals surface area (Å²) in [6, 6.07) is 11.5. The molecule has 166 valence electrons. The molecule has 1 aromatic carbocycles. The van der Waals surface area contributed by atoms with Crippen molar-refractivity contribution < 1.29 is 13.2 Å². The first-order valence-electron chi connectivity index (χ1n) is 10.0. The molecule has 0 radical (unpaired) electrons. The van der Waals surface area contributed by atoms with Gasteiger partial charge in [-0.1, -0.05) is 18.7 Å². The Morgan fingerprint density at radius 2 is 2.03 bits per heavy atom. The van der Waals surface area contributed by atoms with E-state index in [1.807, 2.05) is 37.3 Å². The molecule has 8 nitrogen and oxygen atoms in total. The summed E-state index contributed by atoms with van der Waals surface area (Å²) in [4.78, 5) is 8.72. The van der Waals surface area contributed by atoms with Gasteiger partial charge >= 0.3 is 0 Å². The summed E-state index contributed by atoms with van der Waals surface area (Å²) < 4.78 is 30.7. The van der Waals surface area contributed by atoms with Crippen molar-refractivity contribution >= 4 is 33.0 Å². The number of nitrogens with zero attached hydrogens (tertiary/aromatic N) is 3. The lowest BCUT2D eigenvalue weighted by Crippen LogP contribution is -2.27. The number of ether oxygens (including phenoxy) is 1. The second kappa shape index (κ2) is 8.51. The van der Waals surface area contributed by atoms with Crippen LogP contribution < -0.4 is 19.7 Å². The third-order valence-corrected chi connectivity index (χ3v) is 6.39. The Bertz CT molecular complexity index is 1290. The van der Waals surface area contributed by atoms with E-state index in [1.165, 1.54) is 11.4 Å². The molecule has 32 heavy (non-hydrogen) atoms. The van der Waals surface area contributed by atoms with Gasteiger partial charge in [-0.05, 0) is 24.6 Å². The molecule has 0 fully saturated rings. The minimum Gasteiger partial charge on any atom is -0.462 e. The van der Waals surface area contributed by atoms with Gasteiger partial charge in [-0.15, -0.1) is 0 Å². The molecule has 1 aliphatic heterocycles. The van der Waals surface area contributed by atoms with Crippen LogP contribution in [0, 0.1) is 6.92 Å². The number of anilines is 4. The van der Waals surface area contributed by atoms with Crippen molar-refractivity contribution in [3.63, 3.8) is 0 Å². The quantitative estimate of drug-likeness (QED) is 0.561. The van der Waals surface area contributed by atoms with Crippen LogP contribution in [0.15, 0.2) is 61.1 Å². The monoisotopic (exact) mass is 451 g/mol. The van der Waals surface area contributed by atoms with Crippen molar-refractivity contribution in [3.05, 3.63) is 77.8 Å². The molecule has 0 amide bonds. The number of aryl methyl sites for hydroxylation is 1. The molecular weight excluding hydrogens is 426 g/mol. The number of benzene rings is 1. The highest BCUT2D eigenvalue weighted by Crippen LogP contribution is 2.33. The van der Waals surface area contributed by atoms with Crippen molar-refractivity contribution in [1.29, 1.82) is 0 Å². The van der Waals surface area contributed by atoms with Crippen LogP contribution in [0.2, 0.25) is 0 Å². The van der Waals surface area contributed by atoms with Crippen LogP contribution in [0.3, 0.4) is 0 Å². The molecule has 4 rings (SSSR count). The van der Waals surface area contributed by atoms with Crippen LogP contribution in [0.1, 0.15) is 16.7 Å². The Hall–Kier alpha value is -3.59. The Morgan fingerprint density at radius 3 is 2.81 bits per heavy atom. The first-order valence-corrected chi connectivity index (χ1v) is 11.9. The van der Waals surface area contributed by atoms with Crippen molar-refractivity contribution in [2.75, 3.05) is 28.2 Å². The van der Waals surface area contributed by atoms with Gasteiger partial charge in [-0.25, -0.2) is 18.4 Å². The SMILES string of the molecule is C=C1Cc2ccc(Nc3cc(NCc4cccnc4N(C)S(C)(=O)=O)c(C)cn3)cc2O1. The summed E-state index contributed by atoms with van der Waals surface area (Å²) in [5.74, 6) is 2.62. The lowest BCUT2D eigenvalue weighted by molar-refractivity contribution is 0.449. The molecule has 9 heteroatoms. The zero-order chi connectivity index (χ0) is 22.9. The molecule has 0 atom stereocenters. The summed E-state index contributed by atoms with van der Waals surface area (Å²) in [5.41, 5.74) is 4.59. The van der Waals surface area contributed by atoms with Crippen LogP contribution in [0.4, 0.5) is 23.0 Å². The smallest absolute Gasteiger partial charge is 0.233 e. The highest BCUT2D eigenvalue weighted by molar-refractivity contribution is 7.92. The number of sulfonamides is 1. The van der Waals surface area contributed by atoms with Crippen molar-refractivity contribution in [2.24, 2.45) is 0 Å². The summed E-state index contributed by atoms with van der Waals surface area (Å²) in [6.45, 7) is 6.24. The normalized spacial score (nSPS) is 12.8. The summed E-state index contributed by atoms with van der Waals surface area (Å²) >= 11 is 0. The van der Waals surface area contributed by atoms with Gasteiger partial charge in [-0.3, -0.25) is 4.31 Å². The molecule has 0 aliphatic carbocycles. The van der Waals surface area contributed by atoms with E-state index in [0.717, 1.165) is 52.3 Å². The maximum atomic E-state index is 12.0. The molecule has 3 aromatic rings. The minimum absolute atomic E-state index is 0.396. The van der Waals surface area contributed by atoms with E-state index in [4.69, 9.17) is 4.74 Å². The molecule has 1 aliphatic rings. The topological polar surface area (TPSA) is 96.5 Å². The van der Waals surface area contributed by atoms with E-state index in [0.29, 0.717) is 18.2 Å². The number of rotatable bonds is 7. The number of pyridine rings is 2. The number of aromatic nitrogens is 2. The Kier molecular flexibility index (Phi) is 5.75. The molecule has 2 aromatic heterocycles. The number of hydrogen-bond donors (Lipinski definition) is 2. The van der Waals surface area contributed by atoms with Crippen molar-refractivity contribution in [2.45, 2.75) is 19.9 Å². The fourth-order valence-electron chi connectivity index (χ4n) is 3.41. The van der Waals surface area contributed by atoms with Gasteiger partial charge in [0.25, 0.3) is 0 Å². The highest BCUT2D eigenvalue weighted by Gasteiger charge is 2.18.